The molecule has 0 aromatic heterocycles. The lowest BCUT2D eigenvalue weighted by Crippen LogP contribution is -1.81. The quantitative estimate of drug-likeness (QED) is 0.557. The zero-order chi connectivity index (χ0) is 9.68. The molecule has 0 radical (unpaired) electrons. The SMILES string of the molecule is CC=CCC1=C(CC)CC(CC)=C1. The van der Waals surface area contributed by atoms with Crippen molar-refractivity contribution in [2.24, 2.45) is 0 Å². The average molecular weight is 176 g/mol. The van der Waals surface area contributed by atoms with Gasteiger partial charge in [-0.1, -0.05) is 43.2 Å². The third-order valence-corrected chi connectivity index (χ3v) is 2.73. The largest absolute Gasteiger partial charge is 0.0913 e. The molecule has 1 aliphatic rings. The van der Waals surface area contributed by atoms with Gasteiger partial charge in [0.1, 0.15) is 0 Å². The summed E-state index contributed by atoms with van der Waals surface area (Å²) in [7, 11) is 0. The van der Waals surface area contributed by atoms with Gasteiger partial charge in [-0.05, 0) is 38.2 Å². The number of allylic oxidation sites excluding steroid dienone is 6. The van der Waals surface area contributed by atoms with Crippen LogP contribution in [0.2, 0.25) is 0 Å². The molecule has 0 bridgehead atoms. The third kappa shape index (κ3) is 2.58. The molecule has 0 fully saturated rings. The van der Waals surface area contributed by atoms with Crippen LogP contribution in [0.1, 0.15) is 46.5 Å². The van der Waals surface area contributed by atoms with Crippen LogP contribution in [0.4, 0.5) is 0 Å². The van der Waals surface area contributed by atoms with Crippen molar-refractivity contribution >= 4 is 0 Å². The second kappa shape index (κ2) is 5.06. The first-order valence-electron chi connectivity index (χ1n) is 5.33. The topological polar surface area (TPSA) is 0 Å². The van der Waals surface area contributed by atoms with E-state index in [1.165, 1.54) is 19.3 Å². The summed E-state index contributed by atoms with van der Waals surface area (Å²) in [5.74, 6) is 0. The number of hydrogen-bond acceptors (Lipinski definition) is 0. The molecule has 0 amide bonds. The monoisotopic (exact) mass is 176 g/mol. The van der Waals surface area contributed by atoms with Crippen LogP contribution in [0, 0.1) is 0 Å². The Morgan fingerprint density at radius 3 is 2.62 bits per heavy atom. The highest BCUT2D eigenvalue weighted by atomic mass is 14.2. The second-order valence-corrected chi connectivity index (χ2v) is 3.59. The lowest BCUT2D eigenvalue weighted by atomic mass is 10.0. The molecule has 0 N–H and O–H groups in total. The summed E-state index contributed by atoms with van der Waals surface area (Å²) in [5, 5.41) is 0. The first kappa shape index (κ1) is 10.3. The third-order valence-electron chi connectivity index (χ3n) is 2.73. The highest BCUT2D eigenvalue weighted by Gasteiger charge is 2.11. The zero-order valence-corrected chi connectivity index (χ0v) is 9.06. The highest BCUT2D eigenvalue weighted by molar-refractivity contribution is 5.40. The van der Waals surface area contributed by atoms with Gasteiger partial charge in [0.25, 0.3) is 0 Å². The van der Waals surface area contributed by atoms with E-state index in [-0.39, 0.29) is 0 Å². The van der Waals surface area contributed by atoms with Gasteiger partial charge in [0, 0.05) is 0 Å². The van der Waals surface area contributed by atoms with Crippen molar-refractivity contribution < 1.29 is 0 Å². The summed E-state index contributed by atoms with van der Waals surface area (Å²) in [4.78, 5) is 0. The molecule has 0 nitrogen and oxygen atoms in total. The Labute approximate surface area is 82.0 Å². The fraction of sp³-hybridized carbons (Fsp3) is 0.538. The van der Waals surface area contributed by atoms with Crippen LogP contribution in [0.25, 0.3) is 0 Å². The number of rotatable bonds is 4. The molecule has 1 aliphatic carbocycles. The summed E-state index contributed by atoms with van der Waals surface area (Å²) in [6.07, 6.45) is 11.6. The van der Waals surface area contributed by atoms with Gasteiger partial charge in [0.2, 0.25) is 0 Å². The Hall–Kier alpha value is -0.780. The van der Waals surface area contributed by atoms with Crippen LogP contribution in [0.3, 0.4) is 0 Å². The molecule has 0 spiro atoms. The van der Waals surface area contributed by atoms with Crippen molar-refractivity contribution in [3.63, 3.8) is 0 Å². The molecule has 0 unspecified atom stereocenters. The Balaban J connectivity index is 2.68. The molecular formula is C13H20. The number of hydrogen-bond donors (Lipinski definition) is 0. The van der Waals surface area contributed by atoms with Gasteiger partial charge in [-0.2, -0.15) is 0 Å². The van der Waals surface area contributed by atoms with E-state index in [0.717, 1.165) is 6.42 Å². The summed E-state index contributed by atoms with van der Waals surface area (Å²) >= 11 is 0. The molecule has 0 saturated carbocycles. The van der Waals surface area contributed by atoms with E-state index in [0.29, 0.717) is 0 Å². The summed E-state index contributed by atoms with van der Waals surface area (Å²) in [5.41, 5.74) is 4.82. The predicted octanol–water partition coefficient (Wildman–Crippen LogP) is 4.40. The maximum atomic E-state index is 2.40. The molecule has 0 atom stereocenters. The van der Waals surface area contributed by atoms with Crippen LogP contribution < -0.4 is 0 Å². The van der Waals surface area contributed by atoms with Gasteiger partial charge in [-0.3, -0.25) is 0 Å². The van der Waals surface area contributed by atoms with Gasteiger partial charge in [-0.15, -0.1) is 0 Å². The van der Waals surface area contributed by atoms with Crippen LogP contribution in [0.5, 0.6) is 0 Å². The van der Waals surface area contributed by atoms with Gasteiger partial charge in [0.05, 0.1) is 0 Å². The van der Waals surface area contributed by atoms with Crippen molar-refractivity contribution in [3.05, 3.63) is 34.9 Å². The van der Waals surface area contributed by atoms with Gasteiger partial charge < -0.3 is 0 Å². The molecule has 0 aromatic carbocycles. The molecule has 1 rings (SSSR count). The second-order valence-electron chi connectivity index (χ2n) is 3.59. The Bertz CT molecular complexity index is 251. The highest BCUT2D eigenvalue weighted by Crippen LogP contribution is 2.31. The lowest BCUT2D eigenvalue weighted by Gasteiger charge is -2.01. The molecule has 0 aromatic rings. The van der Waals surface area contributed by atoms with Crippen molar-refractivity contribution in [1.82, 2.24) is 0 Å². The predicted molar refractivity (Wildman–Crippen MR) is 59.7 cm³/mol. The summed E-state index contributed by atoms with van der Waals surface area (Å²) in [6.45, 7) is 6.60. The van der Waals surface area contributed by atoms with E-state index < -0.39 is 0 Å². The maximum Gasteiger partial charge on any atom is -0.00979 e. The van der Waals surface area contributed by atoms with E-state index >= 15 is 0 Å². The van der Waals surface area contributed by atoms with Gasteiger partial charge >= 0.3 is 0 Å². The van der Waals surface area contributed by atoms with Gasteiger partial charge in [-0.25, -0.2) is 0 Å². The van der Waals surface area contributed by atoms with E-state index in [4.69, 9.17) is 0 Å². The summed E-state index contributed by atoms with van der Waals surface area (Å²) in [6, 6.07) is 0. The van der Waals surface area contributed by atoms with Crippen LogP contribution in [-0.2, 0) is 0 Å². The molecule has 0 aliphatic heterocycles. The van der Waals surface area contributed by atoms with Crippen LogP contribution in [-0.4, -0.2) is 0 Å². The van der Waals surface area contributed by atoms with Gasteiger partial charge in [0.15, 0.2) is 0 Å². The molecule has 72 valence electrons. The Morgan fingerprint density at radius 1 is 1.31 bits per heavy atom. The molecule has 13 heavy (non-hydrogen) atoms. The van der Waals surface area contributed by atoms with Crippen molar-refractivity contribution in [2.45, 2.75) is 46.5 Å². The Morgan fingerprint density at radius 2 is 2.08 bits per heavy atom. The maximum absolute atomic E-state index is 2.40. The average Bonchev–Trinajstić information content (AvgIpc) is 2.57. The summed E-state index contributed by atoms with van der Waals surface area (Å²) < 4.78 is 0. The van der Waals surface area contributed by atoms with Crippen molar-refractivity contribution in [2.75, 3.05) is 0 Å². The van der Waals surface area contributed by atoms with E-state index in [9.17, 15) is 0 Å². The van der Waals surface area contributed by atoms with Crippen molar-refractivity contribution in [1.29, 1.82) is 0 Å². The first-order valence-corrected chi connectivity index (χ1v) is 5.33. The fourth-order valence-corrected chi connectivity index (χ4v) is 1.81. The lowest BCUT2D eigenvalue weighted by molar-refractivity contribution is 0.951. The van der Waals surface area contributed by atoms with E-state index in [2.05, 4.69) is 39.0 Å². The molecule has 0 saturated heterocycles. The minimum absolute atomic E-state index is 1.13. The minimum atomic E-state index is 1.13. The van der Waals surface area contributed by atoms with Crippen molar-refractivity contribution in [3.8, 4) is 0 Å². The fourth-order valence-electron chi connectivity index (χ4n) is 1.81. The zero-order valence-electron chi connectivity index (χ0n) is 9.06. The van der Waals surface area contributed by atoms with Crippen LogP contribution in [0.15, 0.2) is 34.9 Å². The molecule has 0 heterocycles. The Kier molecular flexibility index (Phi) is 4.01. The van der Waals surface area contributed by atoms with E-state index in [1.807, 2.05) is 0 Å². The van der Waals surface area contributed by atoms with E-state index in [1.54, 1.807) is 16.7 Å². The standard InChI is InChI=1S/C13H20/c1-4-7-8-13-10-11(5-2)9-12(13)6-3/h4,7,10H,5-6,8-9H2,1-3H3. The molecular weight excluding hydrogens is 156 g/mol. The van der Waals surface area contributed by atoms with Crippen LogP contribution >= 0.6 is 0 Å². The smallest absolute Gasteiger partial charge is 0.00979 e. The normalized spacial score (nSPS) is 17.3. The minimum Gasteiger partial charge on any atom is -0.0913 e. The first-order chi connectivity index (χ1) is 6.31. The molecule has 0 heteroatoms.